The maximum absolute atomic E-state index is 6.09. The molecule has 0 aromatic carbocycles. The highest BCUT2D eigenvalue weighted by Crippen LogP contribution is 2.29. The van der Waals surface area contributed by atoms with Gasteiger partial charge in [-0.1, -0.05) is 0 Å². The summed E-state index contributed by atoms with van der Waals surface area (Å²) in [6, 6.07) is 2.09. The Labute approximate surface area is 130 Å². The van der Waals surface area contributed by atoms with Crippen molar-refractivity contribution in [1.82, 2.24) is 9.97 Å². The first-order valence-electron chi connectivity index (χ1n) is 6.18. The topological polar surface area (TPSA) is 64.3 Å². The molecular weight excluding hydrogens is 340 g/mol. The monoisotopic (exact) mass is 356 g/mol. The molecule has 2 aromatic heterocycles. The molecule has 0 spiro atoms. The van der Waals surface area contributed by atoms with E-state index in [0.29, 0.717) is 17.4 Å². The highest BCUT2D eigenvalue weighted by atomic mass is 79.9. The van der Waals surface area contributed by atoms with Gasteiger partial charge < -0.3 is 15.4 Å². The lowest BCUT2D eigenvalue weighted by Crippen LogP contribution is -2.20. The van der Waals surface area contributed by atoms with Crippen LogP contribution in [0.3, 0.4) is 0 Å². The van der Waals surface area contributed by atoms with Crippen LogP contribution in [0.2, 0.25) is 0 Å². The van der Waals surface area contributed by atoms with Crippen LogP contribution in [-0.2, 0) is 6.54 Å². The number of anilines is 2. The maximum Gasteiger partial charge on any atom is 0.242 e. The van der Waals surface area contributed by atoms with E-state index in [4.69, 9.17) is 10.5 Å². The number of aromatic nitrogens is 2. The molecule has 7 heteroatoms. The van der Waals surface area contributed by atoms with E-state index in [2.05, 4.69) is 37.3 Å². The largest absolute Gasteiger partial charge is 0.473 e. The average molecular weight is 357 g/mol. The van der Waals surface area contributed by atoms with Crippen LogP contribution in [0.5, 0.6) is 5.88 Å². The van der Waals surface area contributed by atoms with E-state index < -0.39 is 0 Å². The van der Waals surface area contributed by atoms with E-state index >= 15 is 0 Å². The summed E-state index contributed by atoms with van der Waals surface area (Å²) in [5.41, 5.74) is 7.77. The van der Waals surface area contributed by atoms with E-state index in [9.17, 15) is 0 Å². The van der Waals surface area contributed by atoms with Gasteiger partial charge in [-0.25, -0.2) is 4.98 Å². The molecule has 0 atom stereocenters. The highest BCUT2D eigenvalue weighted by Gasteiger charge is 2.14. The van der Waals surface area contributed by atoms with Gasteiger partial charge in [-0.15, -0.1) is 11.3 Å². The average Bonchev–Trinajstić information content (AvgIpc) is 2.76. The Morgan fingerprint density at radius 1 is 1.45 bits per heavy atom. The Kier molecular flexibility index (Phi) is 4.82. The molecule has 20 heavy (non-hydrogen) atoms. The third kappa shape index (κ3) is 3.61. The van der Waals surface area contributed by atoms with Gasteiger partial charge in [-0.3, -0.25) is 0 Å². The van der Waals surface area contributed by atoms with Crippen molar-refractivity contribution in [2.75, 3.05) is 17.7 Å². The number of rotatable bonds is 5. The number of nitrogens with zero attached hydrogens (tertiary/aromatic N) is 3. The molecule has 0 aliphatic heterocycles. The lowest BCUT2D eigenvalue weighted by Gasteiger charge is -2.20. The standard InChI is InChI=1S/C13H17BrN4OS/c1-8(2)19-13-11(15)12(16-7-17-13)18(3)5-9-4-10(14)20-6-9/h4,6-8H,5,15H2,1-3H3. The van der Waals surface area contributed by atoms with Crippen LogP contribution in [0.1, 0.15) is 19.4 Å². The number of hydrogen-bond donors (Lipinski definition) is 1. The number of hydrogen-bond acceptors (Lipinski definition) is 6. The summed E-state index contributed by atoms with van der Waals surface area (Å²) >= 11 is 5.12. The number of ether oxygens (including phenoxy) is 1. The van der Waals surface area contributed by atoms with Crippen LogP contribution in [0.15, 0.2) is 21.6 Å². The molecule has 5 nitrogen and oxygen atoms in total. The lowest BCUT2D eigenvalue weighted by molar-refractivity contribution is 0.234. The first kappa shape index (κ1) is 15.1. The van der Waals surface area contributed by atoms with Gasteiger partial charge in [0, 0.05) is 13.6 Å². The second kappa shape index (κ2) is 6.41. The van der Waals surface area contributed by atoms with E-state index in [1.165, 1.54) is 11.9 Å². The van der Waals surface area contributed by atoms with Gasteiger partial charge in [-0.05, 0) is 46.8 Å². The molecule has 0 saturated carbocycles. The third-order valence-electron chi connectivity index (χ3n) is 2.58. The SMILES string of the molecule is CC(C)Oc1ncnc(N(C)Cc2csc(Br)c2)c1N. The summed E-state index contributed by atoms with van der Waals surface area (Å²) in [4.78, 5) is 10.3. The van der Waals surface area contributed by atoms with Crippen LogP contribution in [0.4, 0.5) is 11.5 Å². The zero-order valence-corrected chi connectivity index (χ0v) is 14.0. The number of nitrogens with two attached hydrogens (primary N) is 1. The fourth-order valence-corrected chi connectivity index (χ4v) is 2.97. The molecule has 108 valence electrons. The first-order chi connectivity index (χ1) is 9.47. The predicted molar refractivity (Wildman–Crippen MR) is 86.3 cm³/mol. The smallest absolute Gasteiger partial charge is 0.242 e. The van der Waals surface area contributed by atoms with Gasteiger partial charge in [0.05, 0.1) is 9.89 Å². The van der Waals surface area contributed by atoms with Crippen LogP contribution >= 0.6 is 27.3 Å². The Morgan fingerprint density at radius 3 is 2.80 bits per heavy atom. The van der Waals surface area contributed by atoms with Gasteiger partial charge in [0.2, 0.25) is 5.88 Å². The molecule has 2 N–H and O–H groups in total. The van der Waals surface area contributed by atoms with Crippen molar-refractivity contribution < 1.29 is 4.74 Å². The Balaban J connectivity index is 2.19. The Hall–Kier alpha value is -1.34. The van der Waals surface area contributed by atoms with Crippen molar-refractivity contribution in [3.05, 3.63) is 27.1 Å². The lowest BCUT2D eigenvalue weighted by atomic mass is 10.3. The predicted octanol–water partition coefficient (Wildman–Crippen LogP) is 3.31. The Morgan fingerprint density at radius 2 is 2.20 bits per heavy atom. The zero-order valence-electron chi connectivity index (χ0n) is 11.6. The summed E-state index contributed by atoms with van der Waals surface area (Å²) in [6.45, 7) is 4.60. The summed E-state index contributed by atoms with van der Waals surface area (Å²) in [5.74, 6) is 1.11. The van der Waals surface area contributed by atoms with Gasteiger partial charge in [0.1, 0.15) is 12.0 Å². The van der Waals surface area contributed by atoms with Crippen molar-refractivity contribution in [2.45, 2.75) is 26.5 Å². The van der Waals surface area contributed by atoms with Gasteiger partial charge in [0.15, 0.2) is 5.82 Å². The fraction of sp³-hybridized carbons (Fsp3) is 0.385. The fourth-order valence-electron chi connectivity index (χ4n) is 1.77. The van der Waals surface area contributed by atoms with Crippen LogP contribution in [0.25, 0.3) is 0 Å². The van der Waals surface area contributed by atoms with Crippen molar-refractivity contribution in [3.63, 3.8) is 0 Å². The minimum Gasteiger partial charge on any atom is -0.473 e. The number of thiophene rings is 1. The molecule has 0 amide bonds. The Bertz CT molecular complexity index is 588. The van der Waals surface area contributed by atoms with Crippen LogP contribution < -0.4 is 15.4 Å². The van der Waals surface area contributed by atoms with Crippen molar-refractivity contribution >= 4 is 38.8 Å². The molecule has 0 bridgehead atoms. The molecular formula is C13H17BrN4OS. The summed E-state index contributed by atoms with van der Waals surface area (Å²) < 4.78 is 6.69. The number of halogens is 1. The molecule has 0 saturated heterocycles. The minimum atomic E-state index is 0.0261. The highest BCUT2D eigenvalue weighted by molar-refractivity contribution is 9.11. The molecule has 0 unspecified atom stereocenters. The molecule has 2 rings (SSSR count). The quantitative estimate of drug-likeness (QED) is 0.890. The van der Waals surface area contributed by atoms with Crippen LogP contribution in [-0.4, -0.2) is 23.1 Å². The minimum absolute atomic E-state index is 0.0261. The first-order valence-corrected chi connectivity index (χ1v) is 7.85. The van der Waals surface area contributed by atoms with E-state index in [1.807, 2.05) is 25.8 Å². The molecule has 0 aliphatic carbocycles. The molecule has 0 radical (unpaired) electrons. The normalized spacial score (nSPS) is 10.8. The van der Waals surface area contributed by atoms with E-state index in [-0.39, 0.29) is 6.10 Å². The van der Waals surface area contributed by atoms with Crippen LogP contribution in [0, 0.1) is 0 Å². The summed E-state index contributed by atoms with van der Waals surface area (Å²) in [6.07, 6.45) is 1.50. The second-order valence-corrected chi connectivity index (χ2v) is 6.99. The van der Waals surface area contributed by atoms with Gasteiger partial charge in [-0.2, -0.15) is 4.98 Å². The third-order valence-corrected chi connectivity index (χ3v) is 4.13. The molecule has 0 fully saturated rings. The zero-order chi connectivity index (χ0) is 14.7. The second-order valence-electron chi connectivity index (χ2n) is 4.70. The van der Waals surface area contributed by atoms with E-state index in [0.717, 1.165) is 10.3 Å². The van der Waals surface area contributed by atoms with Crippen molar-refractivity contribution in [2.24, 2.45) is 0 Å². The number of nitrogen functional groups attached to an aromatic ring is 1. The summed E-state index contributed by atoms with van der Waals surface area (Å²) in [7, 11) is 1.95. The van der Waals surface area contributed by atoms with Gasteiger partial charge in [0.25, 0.3) is 0 Å². The van der Waals surface area contributed by atoms with Crippen molar-refractivity contribution in [1.29, 1.82) is 0 Å². The molecule has 2 aromatic rings. The van der Waals surface area contributed by atoms with E-state index in [1.54, 1.807) is 11.3 Å². The molecule has 2 heterocycles. The van der Waals surface area contributed by atoms with Crippen molar-refractivity contribution in [3.8, 4) is 5.88 Å². The molecule has 0 aliphatic rings. The van der Waals surface area contributed by atoms with Gasteiger partial charge >= 0.3 is 0 Å². The maximum atomic E-state index is 6.09. The summed E-state index contributed by atoms with van der Waals surface area (Å²) in [5, 5.41) is 2.10.